The fourth-order valence-corrected chi connectivity index (χ4v) is 2.11. The van der Waals surface area contributed by atoms with Gasteiger partial charge in [-0.05, 0) is 18.4 Å². The van der Waals surface area contributed by atoms with E-state index in [0.717, 1.165) is 32.5 Å². The van der Waals surface area contributed by atoms with Crippen LogP contribution in [0.4, 0.5) is 0 Å². The largest absolute Gasteiger partial charge is 0.356 e. The van der Waals surface area contributed by atoms with Crippen LogP contribution in [0, 0.1) is 17.8 Å². The van der Waals surface area contributed by atoms with Gasteiger partial charge in [0.25, 0.3) is 0 Å². The third kappa shape index (κ3) is 3.49. The van der Waals surface area contributed by atoms with Crippen LogP contribution in [0.25, 0.3) is 0 Å². The van der Waals surface area contributed by atoms with Crippen LogP contribution in [0.5, 0.6) is 0 Å². The summed E-state index contributed by atoms with van der Waals surface area (Å²) in [7, 11) is 0. The summed E-state index contributed by atoms with van der Waals surface area (Å²) in [4.78, 5) is 11.8. The lowest BCUT2D eigenvalue weighted by molar-refractivity contribution is -0.125. The lowest BCUT2D eigenvalue weighted by Crippen LogP contribution is -2.37. The summed E-state index contributed by atoms with van der Waals surface area (Å²) < 4.78 is 0. The zero-order valence-corrected chi connectivity index (χ0v) is 10.2. The molecule has 1 fully saturated rings. The molecule has 0 aromatic carbocycles. The summed E-state index contributed by atoms with van der Waals surface area (Å²) in [5, 5.41) is 6.34. The van der Waals surface area contributed by atoms with Gasteiger partial charge in [0.15, 0.2) is 0 Å². The van der Waals surface area contributed by atoms with Crippen molar-refractivity contribution in [2.75, 3.05) is 19.6 Å². The van der Waals surface area contributed by atoms with Crippen molar-refractivity contribution in [3.05, 3.63) is 0 Å². The van der Waals surface area contributed by atoms with Crippen LogP contribution in [0.1, 0.15) is 33.6 Å². The molecule has 3 heteroatoms. The normalized spacial score (nSPS) is 25.9. The van der Waals surface area contributed by atoms with Crippen LogP contribution >= 0.6 is 0 Å². The number of rotatable bonds is 5. The van der Waals surface area contributed by atoms with Crippen LogP contribution in [0.2, 0.25) is 0 Å². The van der Waals surface area contributed by atoms with Gasteiger partial charge in [-0.15, -0.1) is 0 Å². The second kappa shape index (κ2) is 6.11. The molecule has 0 spiro atoms. The van der Waals surface area contributed by atoms with Crippen LogP contribution in [-0.4, -0.2) is 25.5 Å². The standard InChI is InChI=1S/C12H24N2O/c1-4-10(5-2)7-14-12(15)11-8-13-6-9(11)3/h9-11,13H,4-8H2,1-3H3,(H,14,15). The van der Waals surface area contributed by atoms with E-state index in [1.165, 1.54) is 0 Å². The Morgan fingerprint density at radius 3 is 2.53 bits per heavy atom. The highest BCUT2D eigenvalue weighted by Crippen LogP contribution is 2.16. The Balaban J connectivity index is 2.29. The molecule has 0 aromatic heterocycles. The first-order valence-electron chi connectivity index (χ1n) is 6.17. The summed E-state index contributed by atoms with van der Waals surface area (Å²) >= 11 is 0. The number of hydrogen-bond donors (Lipinski definition) is 2. The first kappa shape index (κ1) is 12.5. The van der Waals surface area contributed by atoms with Gasteiger partial charge in [0.1, 0.15) is 0 Å². The van der Waals surface area contributed by atoms with E-state index < -0.39 is 0 Å². The highest BCUT2D eigenvalue weighted by Gasteiger charge is 2.29. The van der Waals surface area contributed by atoms with E-state index in [-0.39, 0.29) is 11.8 Å². The molecule has 1 amide bonds. The molecule has 2 atom stereocenters. The van der Waals surface area contributed by atoms with Crippen molar-refractivity contribution in [1.82, 2.24) is 10.6 Å². The molecular formula is C12H24N2O. The fourth-order valence-electron chi connectivity index (χ4n) is 2.11. The van der Waals surface area contributed by atoms with Gasteiger partial charge >= 0.3 is 0 Å². The highest BCUT2D eigenvalue weighted by molar-refractivity contribution is 5.79. The second-order valence-electron chi connectivity index (χ2n) is 4.67. The van der Waals surface area contributed by atoms with Gasteiger partial charge in [-0.1, -0.05) is 33.6 Å². The maximum atomic E-state index is 11.8. The lowest BCUT2D eigenvalue weighted by Gasteiger charge is -2.17. The molecule has 1 saturated heterocycles. The smallest absolute Gasteiger partial charge is 0.224 e. The Kier molecular flexibility index (Phi) is 5.09. The Morgan fingerprint density at radius 1 is 1.40 bits per heavy atom. The van der Waals surface area contributed by atoms with E-state index in [9.17, 15) is 4.79 Å². The third-order valence-electron chi connectivity index (χ3n) is 3.57. The Hall–Kier alpha value is -0.570. The number of nitrogens with one attached hydrogen (secondary N) is 2. The van der Waals surface area contributed by atoms with E-state index in [0.29, 0.717) is 11.8 Å². The van der Waals surface area contributed by atoms with Crippen LogP contribution in [0.15, 0.2) is 0 Å². The zero-order chi connectivity index (χ0) is 11.3. The molecule has 88 valence electrons. The van der Waals surface area contributed by atoms with E-state index >= 15 is 0 Å². The van der Waals surface area contributed by atoms with Crippen molar-refractivity contribution in [3.8, 4) is 0 Å². The predicted molar refractivity (Wildman–Crippen MR) is 62.6 cm³/mol. The topological polar surface area (TPSA) is 41.1 Å². The summed E-state index contributed by atoms with van der Waals surface area (Å²) in [6, 6.07) is 0. The van der Waals surface area contributed by atoms with Gasteiger partial charge in [0, 0.05) is 13.1 Å². The van der Waals surface area contributed by atoms with Crippen molar-refractivity contribution in [3.63, 3.8) is 0 Å². The van der Waals surface area contributed by atoms with Gasteiger partial charge in [-0.3, -0.25) is 4.79 Å². The SMILES string of the molecule is CCC(CC)CNC(=O)C1CNCC1C. The number of hydrogen-bond acceptors (Lipinski definition) is 2. The van der Waals surface area contributed by atoms with Crippen molar-refractivity contribution in [1.29, 1.82) is 0 Å². The molecule has 15 heavy (non-hydrogen) atoms. The van der Waals surface area contributed by atoms with Gasteiger partial charge in [-0.2, -0.15) is 0 Å². The molecule has 2 N–H and O–H groups in total. The zero-order valence-electron chi connectivity index (χ0n) is 10.2. The van der Waals surface area contributed by atoms with Crippen molar-refractivity contribution in [2.45, 2.75) is 33.6 Å². The van der Waals surface area contributed by atoms with Crippen molar-refractivity contribution in [2.24, 2.45) is 17.8 Å². The molecule has 0 radical (unpaired) electrons. The molecule has 1 rings (SSSR count). The van der Waals surface area contributed by atoms with Crippen molar-refractivity contribution >= 4 is 5.91 Å². The van der Waals surface area contributed by atoms with Crippen LogP contribution in [0.3, 0.4) is 0 Å². The van der Waals surface area contributed by atoms with Gasteiger partial charge in [0.05, 0.1) is 5.92 Å². The predicted octanol–water partition coefficient (Wildman–Crippen LogP) is 1.39. The lowest BCUT2D eigenvalue weighted by atomic mass is 9.96. The first-order valence-corrected chi connectivity index (χ1v) is 6.17. The minimum Gasteiger partial charge on any atom is -0.356 e. The quantitative estimate of drug-likeness (QED) is 0.723. The molecule has 0 saturated carbocycles. The van der Waals surface area contributed by atoms with E-state index in [4.69, 9.17) is 0 Å². The molecule has 2 unspecified atom stereocenters. The third-order valence-corrected chi connectivity index (χ3v) is 3.57. The molecule has 0 aromatic rings. The maximum Gasteiger partial charge on any atom is 0.224 e. The summed E-state index contributed by atoms with van der Waals surface area (Å²) in [6.07, 6.45) is 2.30. The first-order chi connectivity index (χ1) is 7.19. The number of amides is 1. The fraction of sp³-hybridized carbons (Fsp3) is 0.917. The Morgan fingerprint density at radius 2 is 2.07 bits per heavy atom. The average Bonchev–Trinajstić information content (AvgIpc) is 2.66. The number of carbonyl (C=O) groups excluding carboxylic acids is 1. The minimum absolute atomic E-state index is 0.180. The Labute approximate surface area is 93.0 Å². The second-order valence-corrected chi connectivity index (χ2v) is 4.67. The molecule has 0 aliphatic carbocycles. The molecule has 1 aliphatic rings. The summed E-state index contributed by atoms with van der Waals surface area (Å²) in [6.45, 7) is 9.16. The minimum atomic E-state index is 0.180. The van der Waals surface area contributed by atoms with Crippen LogP contribution in [-0.2, 0) is 4.79 Å². The maximum absolute atomic E-state index is 11.8. The molecular weight excluding hydrogens is 188 g/mol. The Bertz CT molecular complexity index is 202. The highest BCUT2D eigenvalue weighted by atomic mass is 16.1. The van der Waals surface area contributed by atoms with Crippen LogP contribution < -0.4 is 10.6 Å². The van der Waals surface area contributed by atoms with E-state index in [1.54, 1.807) is 0 Å². The van der Waals surface area contributed by atoms with E-state index in [1.807, 2.05) is 0 Å². The number of carbonyl (C=O) groups is 1. The van der Waals surface area contributed by atoms with Gasteiger partial charge in [-0.25, -0.2) is 0 Å². The summed E-state index contributed by atoms with van der Waals surface area (Å²) in [5.74, 6) is 1.53. The molecule has 1 heterocycles. The molecule has 1 aliphatic heterocycles. The van der Waals surface area contributed by atoms with Gasteiger partial charge < -0.3 is 10.6 Å². The summed E-state index contributed by atoms with van der Waals surface area (Å²) in [5.41, 5.74) is 0. The van der Waals surface area contributed by atoms with Gasteiger partial charge in [0.2, 0.25) is 5.91 Å². The van der Waals surface area contributed by atoms with Crippen molar-refractivity contribution < 1.29 is 4.79 Å². The molecule has 0 bridgehead atoms. The monoisotopic (exact) mass is 212 g/mol. The molecule has 3 nitrogen and oxygen atoms in total. The van der Waals surface area contributed by atoms with E-state index in [2.05, 4.69) is 31.4 Å². The average molecular weight is 212 g/mol.